The molecule has 1 aromatic heterocycles. The van der Waals surface area contributed by atoms with Crippen LogP contribution in [0.2, 0.25) is 0 Å². The van der Waals surface area contributed by atoms with Gasteiger partial charge in [0, 0.05) is 18.7 Å². The van der Waals surface area contributed by atoms with E-state index in [0.717, 1.165) is 6.07 Å². The highest BCUT2D eigenvalue weighted by Crippen LogP contribution is 2.29. The zero-order chi connectivity index (χ0) is 21.7. The van der Waals surface area contributed by atoms with Crippen molar-refractivity contribution in [3.63, 3.8) is 0 Å². The second-order valence-electron chi connectivity index (χ2n) is 6.52. The molecule has 30 heavy (non-hydrogen) atoms. The summed E-state index contributed by atoms with van der Waals surface area (Å²) in [5.74, 6) is 4.50. The van der Waals surface area contributed by atoms with Gasteiger partial charge in [-0.15, -0.1) is 0 Å². The number of morpholine rings is 1. The summed E-state index contributed by atoms with van der Waals surface area (Å²) in [6.07, 6.45) is -4.64. The predicted octanol–water partition coefficient (Wildman–Crippen LogP) is 2.16. The summed E-state index contributed by atoms with van der Waals surface area (Å²) in [6.45, 7) is 1.31. The van der Waals surface area contributed by atoms with E-state index in [0.29, 0.717) is 37.4 Å². The molecule has 1 saturated heterocycles. The van der Waals surface area contributed by atoms with Crippen molar-refractivity contribution in [3.8, 4) is 0 Å². The second kappa shape index (κ2) is 9.09. The number of hydrogen-bond acceptors (Lipinski definition) is 5. The lowest BCUT2D eigenvalue weighted by molar-refractivity contribution is -0.141. The van der Waals surface area contributed by atoms with Crippen LogP contribution in [0.5, 0.6) is 0 Å². The summed E-state index contributed by atoms with van der Waals surface area (Å²) in [5.41, 5.74) is 1.83. The standard InChI is InChI=1S/C19H20F3N5O3/c20-19(21,22)15-2-1-3-16(24-15)27(18(29)26-8-10-30-11-9-26)12-13-4-6-14(7-5-13)17(28)25-23/h1-7H,8-12,23H2,(H,25,28). The number of rotatable bonds is 4. The number of pyridine rings is 1. The molecule has 0 atom stereocenters. The van der Waals surface area contributed by atoms with Gasteiger partial charge in [0.25, 0.3) is 5.91 Å². The smallest absolute Gasteiger partial charge is 0.378 e. The summed E-state index contributed by atoms with van der Waals surface area (Å²) < 4.78 is 44.6. The lowest BCUT2D eigenvalue weighted by Crippen LogP contribution is -2.48. The van der Waals surface area contributed by atoms with Gasteiger partial charge in [-0.2, -0.15) is 13.2 Å². The molecule has 3 rings (SSSR count). The fourth-order valence-corrected chi connectivity index (χ4v) is 2.93. The minimum absolute atomic E-state index is 0.0327. The third-order valence-corrected chi connectivity index (χ3v) is 4.50. The van der Waals surface area contributed by atoms with E-state index in [4.69, 9.17) is 10.6 Å². The quantitative estimate of drug-likeness (QED) is 0.446. The summed E-state index contributed by atoms with van der Waals surface area (Å²) in [7, 11) is 0. The third kappa shape index (κ3) is 5.05. The van der Waals surface area contributed by atoms with Gasteiger partial charge in [-0.3, -0.25) is 15.1 Å². The molecule has 0 saturated carbocycles. The Labute approximate surface area is 170 Å². The number of aromatic nitrogens is 1. The van der Waals surface area contributed by atoms with Crippen molar-refractivity contribution in [1.29, 1.82) is 0 Å². The maximum absolute atomic E-state index is 13.1. The van der Waals surface area contributed by atoms with E-state index in [1.165, 1.54) is 34.1 Å². The molecule has 3 amide bonds. The van der Waals surface area contributed by atoms with Gasteiger partial charge in [-0.1, -0.05) is 18.2 Å². The highest BCUT2D eigenvalue weighted by molar-refractivity contribution is 5.94. The molecule has 2 aromatic rings. The minimum atomic E-state index is -4.64. The molecule has 1 aliphatic rings. The summed E-state index contributed by atoms with van der Waals surface area (Å²) in [6, 6.07) is 9.14. The van der Waals surface area contributed by atoms with Crippen LogP contribution in [-0.2, 0) is 17.5 Å². The van der Waals surface area contributed by atoms with Crippen molar-refractivity contribution in [2.75, 3.05) is 31.2 Å². The molecule has 160 valence electrons. The molecule has 1 aliphatic heterocycles. The number of alkyl halides is 3. The molecular formula is C19H20F3N5O3. The van der Waals surface area contributed by atoms with Crippen molar-refractivity contribution in [3.05, 3.63) is 59.3 Å². The number of nitrogen functional groups attached to an aromatic ring is 1. The van der Waals surface area contributed by atoms with Gasteiger partial charge in [-0.25, -0.2) is 15.6 Å². The fourth-order valence-electron chi connectivity index (χ4n) is 2.93. The molecule has 11 heteroatoms. The summed E-state index contributed by atoms with van der Waals surface area (Å²) in [4.78, 5) is 31.0. The van der Waals surface area contributed by atoms with Gasteiger partial charge < -0.3 is 9.64 Å². The Morgan fingerprint density at radius 3 is 2.40 bits per heavy atom. The Balaban J connectivity index is 1.91. The number of nitrogens with two attached hydrogens (primary N) is 1. The van der Waals surface area contributed by atoms with Crippen LogP contribution < -0.4 is 16.2 Å². The van der Waals surface area contributed by atoms with Gasteiger partial charge >= 0.3 is 12.2 Å². The van der Waals surface area contributed by atoms with E-state index in [1.54, 1.807) is 12.1 Å². The molecule has 1 aromatic carbocycles. The van der Waals surface area contributed by atoms with E-state index < -0.39 is 23.8 Å². The molecular weight excluding hydrogens is 403 g/mol. The first-order valence-electron chi connectivity index (χ1n) is 9.08. The van der Waals surface area contributed by atoms with Crippen molar-refractivity contribution in [2.45, 2.75) is 12.7 Å². The van der Waals surface area contributed by atoms with Gasteiger partial charge in [0.1, 0.15) is 11.5 Å². The average Bonchev–Trinajstić information content (AvgIpc) is 2.77. The van der Waals surface area contributed by atoms with E-state index >= 15 is 0 Å². The van der Waals surface area contributed by atoms with Crippen molar-refractivity contribution >= 4 is 17.8 Å². The molecule has 0 bridgehead atoms. The normalized spacial score (nSPS) is 14.3. The van der Waals surface area contributed by atoms with Crippen LogP contribution in [0.3, 0.4) is 0 Å². The van der Waals surface area contributed by atoms with Crippen molar-refractivity contribution in [2.24, 2.45) is 5.84 Å². The maximum Gasteiger partial charge on any atom is 0.433 e. The van der Waals surface area contributed by atoms with E-state index in [2.05, 4.69) is 4.98 Å². The first-order chi connectivity index (χ1) is 14.3. The van der Waals surface area contributed by atoms with E-state index in [9.17, 15) is 22.8 Å². The van der Waals surface area contributed by atoms with E-state index in [-0.39, 0.29) is 12.4 Å². The number of benzene rings is 1. The highest BCUT2D eigenvalue weighted by atomic mass is 19.4. The number of nitrogens with zero attached hydrogens (tertiary/aromatic N) is 3. The first-order valence-corrected chi connectivity index (χ1v) is 9.08. The maximum atomic E-state index is 13.1. The third-order valence-electron chi connectivity index (χ3n) is 4.50. The Bertz CT molecular complexity index is 899. The average molecular weight is 423 g/mol. The van der Waals surface area contributed by atoms with Crippen LogP contribution in [0.25, 0.3) is 0 Å². The van der Waals surface area contributed by atoms with Crippen LogP contribution >= 0.6 is 0 Å². The number of hydrazine groups is 1. The number of ether oxygens (including phenoxy) is 1. The SMILES string of the molecule is NNC(=O)c1ccc(CN(C(=O)N2CCOCC2)c2cccc(C(F)(F)F)n2)cc1. The van der Waals surface area contributed by atoms with Gasteiger partial charge in [0.15, 0.2) is 0 Å². The minimum Gasteiger partial charge on any atom is -0.378 e. The van der Waals surface area contributed by atoms with Crippen molar-refractivity contribution in [1.82, 2.24) is 15.3 Å². The van der Waals surface area contributed by atoms with Crippen LogP contribution in [0, 0.1) is 0 Å². The molecule has 3 N–H and O–H groups in total. The van der Waals surface area contributed by atoms with Gasteiger partial charge in [0.05, 0.1) is 19.8 Å². The number of carbonyl (C=O) groups is 2. The molecule has 1 fully saturated rings. The Hall–Kier alpha value is -3.18. The lowest BCUT2D eigenvalue weighted by atomic mass is 10.1. The highest BCUT2D eigenvalue weighted by Gasteiger charge is 2.34. The van der Waals surface area contributed by atoms with Gasteiger partial charge in [-0.05, 0) is 29.8 Å². The first kappa shape index (κ1) is 21.5. The Morgan fingerprint density at radius 1 is 1.13 bits per heavy atom. The monoisotopic (exact) mass is 423 g/mol. The zero-order valence-corrected chi connectivity index (χ0v) is 15.9. The van der Waals surface area contributed by atoms with E-state index in [1.807, 2.05) is 5.43 Å². The topological polar surface area (TPSA) is 101 Å². The largest absolute Gasteiger partial charge is 0.433 e. The number of nitrogens with one attached hydrogen (secondary N) is 1. The predicted molar refractivity (Wildman–Crippen MR) is 101 cm³/mol. The molecule has 0 spiro atoms. The number of urea groups is 1. The molecule has 0 aliphatic carbocycles. The zero-order valence-electron chi connectivity index (χ0n) is 15.9. The summed E-state index contributed by atoms with van der Waals surface area (Å²) >= 11 is 0. The number of anilines is 1. The van der Waals surface area contributed by atoms with Crippen LogP contribution in [0.4, 0.5) is 23.8 Å². The van der Waals surface area contributed by atoms with Crippen LogP contribution in [0.1, 0.15) is 21.6 Å². The second-order valence-corrected chi connectivity index (χ2v) is 6.52. The number of carbonyl (C=O) groups excluding carboxylic acids is 2. The summed E-state index contributed by atoms with van der Waals surface area (Å²) in [5, 5.41) is 0. The Kier molecular flexibility index (Phi) is 6.53. The van der Waals surface area contributed by atoms with Crippen LogP contribution in [0.15, 0.2) is 42.5 Å². The van der Waals surface area contributed by atoms with Crippen molar-refractivity contribution < 1.29 is 27.5 Å². The van der Waals surface area contributed by atoms with Crippen LogP contribution in [-0.4, -0.2) is 48.1 Å². The molecule has 0 unspecified atom stereocenters. The fraction of sp³-hybridized carbons (Fsp3) is 0.316. The lowest BCUT2D eigenvalue weighted by Gasteiger charge is -2.32. The molecule has 2 heterocycles. The Morgan fingerprint density at radius 2 is 1.80 bits per heavy atom. The number of halogens is 3. The van der Waals surface area contributed by atoms with Gasteiger partial charge in [0.2, 0.25) is 0 Å². The molecule has 0 radical (unpaired) electrons. The molecule has 8 nitrogen and oxygen atoms in total. The number of hydrogen-bond donors (Lipinski definition) is 2. The number of amides is 3.